The highest BCUT2D eigenvalue weighted by Crippen LogP contribution is 2.29. The predicted molar refractivity (Wildman–Crippen MR) is 108 cm³/mol. The lowest BCUT2D eigenvalue weighted by atomic mass is 10.1. The molecule has 1 aliphatic heterocycles. The average Bonchev–Trinajstić information content (AvgIpc) is 3.11. The molecule has 2 unspecified atom stereocenters. The first-order chi connectivity index (χ1) is 15.8. The van der Waals surface area contributed by atoms with Crippen molar-refractivity contribution in [2.45, 2.75) is 37.0 Å². The molecule has 1 aromatic heterocycles. The maximum atomic E-state index is 12.4. The number of esters is 2. The number of pyridine rings is 1. The topological polar surface area (TPSA) is 179 Å². The van der Waals surface area contributed by atoms with Gasteiger partial charge in [0.15, 0.2) is 18.5 Å². The lowest BCUT2D eigenvalue weighted by Gasteiger charge is -2.11. The number of benzene rings is 1. The van der Waals surface area contributed by atoms with Gasteiger partial charge in [-0.05, 0) is 18.1 Å². The standard InChI is InChI=1S/C20H22N2O10P/c21-14(9-12-5-2-1-3-6-12)20(26)31-19(25)13-7-4-8-22(10-13)18-17(24)16(23)15(30-18)11-29-33(28)32-27/h1-8,10,14-18,23-24H,9,11,21H2/q+1/p+1/t14?,15-,16-,17-,18-/m1/s1. The van der Waals surface area contributed by atoms with E-state index in [1.165, 1.54) is 29.1 Å². The first-order valence-corrected chi connectivity index (χ1v) is 10.9. The second-order valence-corrected chi connectivity index (χ2v) is 8.06. The summed E-state index contributed by atoms with van der Waals surface area (Å²) in [6, 6.07) is 10.8. The van der Waals surface area contributed by atoms with Gasteiger partial charge in [0.1, 0.15) is 30.4 Å². The van der Waals surface area contributed by atoms with Gasteiger partial charge in [0.2, 0.25) is 0 Å². The van der Waals surface area contributed by atoms with E-state index >= 15 is 0 Å². The minimum atomic E-state index is -2.82. The highest BCUT2D eigenvalue weighted by molar-refractivity contribution is 7.33. The van der Waals surface area contributed by atoms with Gasteiger partial charge in [0.05, 0.1) is 4.67 Å². The predicted octanol–water partition coefficient (Wildman–Crippen LogP) is 0.0103. The number of hydrogen-bond donors (Lipinski definition) is 4. The van der Waals surface area contributed by atoms with Crippen LogP contribution in [0.25, 0.3) is 0 Å². The number of hydrogen-bond acceptors (Lipinski definition) is 11. The van der Waals surface area contributed by atoms with Crippen LogP contribution in [-0.2, 0) is 34.5 Å². The molecule has 176 valence electrons. The normalized spacial score (nSPS) is 23.7. The SMILES string of the molecule is NC(Cc1ccccc1)C(=O)OC(=O)c1ccc[n+]([C@@H]2O[C@H](CO[P+](=O)OO)[C@@H](O)[C@H]2O)c1. The number of carbonyl (C=O) groups excluding carboxylic acids is 2. The van der Waals surface area contributed by atoms with Gasteiger partial charge in [-0.1, -0.05) is 30.3 Å². The molecular formula is C20H23N2O10P+2. The average molecular weight is 482 g/mol. The van der Waals surface area contributed by atoms with Crippen LogP contribution in [0.5, 0.6) is 0 Å². The van der Waals surface area contributed by atoms with Crippen LogP contribution >= 0.6 is 8.25 Å². The van der Waals surface area contributed by atoms with E-state index < -0.39 is 57.4 Å². The molecule has 6 atom stereocenters. The van der Waals surface area contributed by atoms with E-state index in [1.807, 2.05) is 6.07 Å². The Hall–Kier alpha value is -2.67. The van der Waals surface area contributed by atoms with Crippen molar-refractivity contribution in [3.63, 3.8) is 0 Å². The molecule has 1 aliphatic rings. The van der Waals surface area contributed by atoms with Crippen molar-refractivity contribution in [2.24, 2.45) is 5.73 Å². The summed E-state index contributed by atoms with van der Waals surface area (Å²) >= 11 is 0. The van der Waals surface area contributed by atoms with Crippen molar-refractivity contribution in [1.29, 1.82) is 0 Å². The first-order valence-electron chi connectivity index (χ1n) is 9.79. The third-order valence-electron chi connectivity index (χ3n) is 4.89. The quantitative estimate of drug-likeness (QED) is 0.0945. The molecule has 3 rings (SSSR count). The van der Waals surface area contributed by atoms with E-state index in [1.54, 1.807) is 24.3 Å². The summed E-state index contributed by atoms with van der Waals surface area (Å²) in [5.74, 6) is -1.85. The van der Waals surface area contributed by atoms with E-state index in [9.17, 15) is 24.4 Å². The Balaban J connectivity index is 1.63. The Labute approximate surface area is 189 Å². The van der Waals surface area contributed by atoms with Gasteiger partial charge < -0.3 is 25.4 Å². The van der Waals surface area contributed by atoms with Crippen molar-refractivity contribution >= 4 is 20.2 Å². The summed E-state index contributed by atoms with van der Waals surface area (Å²) in [5.41, 5.74) is 6.63. The largest absolute Gasteiger partial charge is 0.728 e. The van der Waals surface area contributed by atoms with Crippen molar-refractivity contribution in [3.8, 4) is 0 Å². The van der Waals surface area contributed by atoms with Crippen molar-refractivity contribution in [2.75, 3.05) is 6.61 Å². The summed E-state index contributed by atoms with van der Waals surface area (Å²) in [7, 11) is -2.82. The summed E-state index contributed by atoms with van der Waals surface area (Å²) in [4.78, 5) is 24.7. The minimum Gasteiger partial charge on any atom is -0.388 e. The van der Waals surface area contributed by atoms with Gasteiger partial charge in [-0.25, -0.2) is 14.8 Å². The van der Waals surface area contributed by atoms with Crippen LogP contribution in [0.15, 0.2) is 54.9 Å². The summed E-state index contributed by atoms with van der Waals surface area (Å²) in [5, 5.41) is 28.7. The zero-order valence-corrected chi connectivity index (χ0v) is 18.1. The first kappa shape index (κ1) is 25.0. The zero-order chi connectivity index (χ0) is 24.0. The van der Waals surface area contributed by atoms with Crippen LogP contribution in [0, 0.1) is 0 Å². The Morgan fingerprint density at radius 1 is 1.15 bits per heavy atom. The zero-order valence-electron chi connectivity index (χ0n) is 17.2. The van der Waals surface area contributed by atoms with E-state index in [4.69, 9.17) is 20.5 Å². The monoisotopic (exact) mass is 482 g/mol. The summed E-state index contributed by atoms with van der Waals surface area (Å²) in [6.45, 7) is -0.444. The molecule has 33 heavy (non-hydrogen) atoms. The van der Waals surface area contributed by atoms with Gasteiger partial charge >= 0.3 is 20.2 Å². The molecule has 13 heteroatoms. The van der Waals surface area contributed by atoms with Crippen LogP contribution in [-0.4, -0.2) is 58.4 Å². The van der Waals surface area contributed by atoms with Gasteiger partial charge in [-0.15, -0.1) is 4.52 Å². The molecule has 2 aromatic rings. The highest BCUT2D eigenvalue weighted by atomic mass is 31.1. The molecule has 1 saturated heterocycles. The number of aliphatic hydroxyl groups excluding tert-OH is 2. The lowest BCUT2D eigenvalue weighted by Crippen LogP contribution is -2.46. The second kappa shape index (κ2) is 11.5. The molecule has 1 aromatic carbocycles. The van der Waals surface area contributed by atoms with E-state index in [0.29, 0.717) is 0 Å². The van der Waals surface area contributed by atoms with Gasteiger partial charge in [-0.2, -0.15) is 4.57 Å². The smallest absolute Gasteiger partial charge is 0.388 e. The van der Waals surface area contributed by atoms with Crippen LogP contribution in [0.3, 0.4) is 0 Å². The lowest BCUT2D eigenvalue weighted by molar-refractivity contribution is -0.765. The molecule has 12 nitrogen and oxygen atoms in total. The summed E-state index contributed by atoms with van der Waals surface area (Å²) < 4.78 is 30.9. The Kier molecular flexibility index (Phi) is 8.67. The van der Waals surface area contributed by atoms with Gasteiger partial charge in [0, 0.05) is 10.6 Å². The van der Waals surface area contributed by atoms with Gasteiger partial charge in [0.25, 0.3) is 6.23 Å². The molecule has 0 amide bonds. The van der Waals surface area contributed by atoms with Gasteiger partial charge in [-0.3, -0.25) is 0 Å². The Morgan fingerprint density at radius 3 is 2.58 bits per heavy atom. The number of nitrogens with zero attached hydrogens (tertiary/aromatic N) is 1. The van der Waals surface area contributed by atoms with E-state index in [2.05, 4.69) is 9.20 Å². The fourth-order valence-corrected chi connectivity index (χ4v) is 3.54. The third kappa shape index (κ3) is 6.44. The maximum absolute atomic E-state index is 12.4. The third-order valence-corrected chi connectivity index (χ3v) is 5.39. The fraction of sp³-hybridized carbons (Fsp3) is 0.350. The minimum absolute atomic E-state index is 0.0282. The fourth-order valence-electron chi connectivity index (χ4n) is 3.22. The number of ether oxygens (including phenoxy) is 2. The second-order valence-electron chi connectivity index (χ2n) is 7.19. The van der Waals surface area contributed by atoms with E-state index in [-0.39, 0.29) is 12.0 Å². The Morgan fingerprint density at radius 2 is 1.88 bits per heavy atom. The molecule has 2 heterocycles. The molecule has 0 aliphatic carbocycles. The number of carbonyl (C=O) groups is 2. The van der Waals surface area contributed by atoms with Crippen molar-refractivity contribution in [3.05, 3.63) is 66.0 Å². The molecule has 0 bridgehead atoms. The molecule has 0 radical (unpaired) electrons. The highest BCUT2D eigenvalue weighted by Gasteiger charge is 2.49. The van der Waals surface area contributed by atoms with E-state index in [0.717, 1.165) is 5.56 Å². The molecule has 0 saturated carbocycles. The van der Waals surface area contributed by atoms with Crippen LogP contribution in [0.1, 0.15) is 22.1 Å². The molecule has 0 spiro atoms. The van der Waals surface area contributed by atoms with Crippen LogP contribution in [0.2, 0.25) is 0 Å². The van der Waals surface area contributed by atoms with Crippen molar-refractivity contribution < 1.29 is 52.9 Å². The van der Waals surface area contributed by atoms with Crippen LogP contribution in [0.4, 0.5) is 0 Å². The number of rotatable bonds is 9. The van der Waals surface area contributed by atoms with Crippen LogP contribution < -0.4 is 10.3 Å². The number of aliphatic hydroxyl groups is 2. The number of nitrogens with two attached hydrogens (primary N) is 1. The Bertz CT molecular complexity index is 992. The maximum Gasteiger partial charge on any atom is 0.728 e. The van der Waals surface area contributed by atoms with Crippen molar-refractivity contribution in [1.82, 2.24) is 0 Å². The molecule has 5 N–H and O–H groups in total. The number of aromatic nitrogens is 1. The molecular weight excluding hydrogens is 459 g/mol. The molecule has 1 fully saturated rings. The summed E-state index contributed by atoms with van der Waals surface area (Å²) in [6.07, 6.45) is -2.16.